The topological polar surface area (TPSA) is 43.8 Å². The number of imidazole rings is 1. The smallest absolute Gasteiger partial charge is 0.145 e. The Morgan fingerprint density at radius 3 is 2.82 bits per heavy atom. The van der Waals surface area contributed by atoms with Crippen LogP contribution in [0.2, 0.25) is 0 Å². The van der Waals surface area contributed by atoms with Crippen molar-refractivity contribution in [1.82, 2.24) is 9.55 Å². The van der Waals surface area contributed by atoms with Crippen LogP contribution < -0.4 is 5.73 Å². The zero-order valence-electron chi connectivity index (χ0n) is 8.83. The van der Waals surface area contributed by atoms with Crippen LogP contribution in [0.3, 0.4) is 0 Å². The van der Waals surface area contributed by atoms with Gasteiger partial charge in [-0.3, -0.25) is 0 Å². The molecule has 0 unspecified atom stereocenters. The number of nitrogens with zero attached hydrogens (tertiary/aromatic N) is 2. The molecule has 0 saturated heterocycles. The Bertz CT molecular complexity index is 540. The van der Waals surface area contributed by atoms with E-state index in [1.165, 1.54) is 12.1 Å². The molecule has 3 nitrogen and oxygen atoms in total. The lowest BCUT2D eigenvalue weighted by Gasteiger charge is -2.09. The van der Waals surface area contributed by atoms with E-state index in [0.717, 1.165) is 0 Å². The van der Waals surface area contributed by atoms with Gasteiger partial charge in [0, 0.05) is 18.0 Å². The van der Waals surface area contributed by atoms with E-state index < -0.39 is 11.6 Å². The summed E-state index contributed by atoms with van der Waals surface area (Å²) in [7, 11) is 0. The molecule has 0 atom stereocenters. The van der Waals surface area contributed by atoms with Gasteiger partial charge in [-0.05, 0) is 28.1 Å². The molecule has 90 valence electrons. The van der Waals surface area contributed by atoms with Crippen molar-refractivity contribution in [3.8, 4) is 0 Å². The van der Waals surface area contributed by atoms with Crippen LogP contribution in [0.1, 0.15) is 11.4 Å². The average Bonchev–Trinajstić information content (AvgIpc) is 2.77. The summed E-state index contributed by atoms with van der Waals surface area (Å²) in [6.45, 7) is 0.299. The molecule has 2 aromatic rings. The van der Waals surface area contributed by atoms with Crippen molar-refractivity contribution in [2.75, 3.05) is 0 Å². The minimum atomic E-state index is -0.596. The van der Waals surface area contributed by atoms with Crippen LogP contribution in [0.4, 0.5) is 8.78 Å². The van der Waals surface area contributed by atoms with Gasteiger partial charge in [-0.2, -0.15) is 0 Å². The van der Waals surface area contributed by atoms with Crippen LogP contribution >= 0.6 is 15.9 Å². The Labute approximate surface area is 105 Å². The van der Waals surface area contributed by atoms with Gasteiger partial charge >= 0.3 is 0 Å². The van der Waals surface area contributed by atoms with E-state index in [1.807, 2.05) is 0 Å². The van der Waals surface area contributed by atoms with Crippen LogP contribution in [0.5, 0.6) is 0 Å². The predicted molar refractivity (Wildman–Crippen MR) is 63.3 cm³/mol. The molecular formula is C11H10BrF2N3. The van der Waals surface area contributed by atoms with Crippen molar-refractivity contribution in [2.45, 2.75) is 13.1 Å². The molecule has 0 bridgehead atoms. The van der Waals surface area contributed by atoms with E-state index in [0.29, 0.717) is 5.82 Å². The van der Waals surface area contributed by atoms with E-state index in [1.54, 1.807) is 17.0 Å². The number of benzene rings is 1. The molecule has 0 radical (unpaired) electrons. The maximum Gasteiger partial charge on any atom is 0.145 e. The molecular weight excluding hydrogens is 292 g/mol. The summed E-state index contributed by atoms with van der Waals surface area (Å²) >= 11 is 3.03. The number of hydrogen-bond donors (Lipinski definition) is 1. The maximum absolute atomic E-state index is 13.7. The van der Waals surface area contributed by atoms with Gasteiger partial charge in [-0.25, -0.2) is 13.8 Å². The van der Waals surface area contributed by atoms with Crippen molar-refractivity contribution in [3.63, 3.8) is 0 Å². The summed E-state index contributed by atoms with van der Waals surface area (Å²) in [6.07, 6.45) is 3.19. The fraction of sp³-hybridized carbons (Fsp3) is 0.182. The lowest BCUT2D eigenvalue weighted by atomic mass is 10.2. The van der Waals surface area contributed by atoms with Crippen molar-refractivity contribution < 1.29 is 8.78 Å². The zero-order chi connectivity index (χ0) is 12.4. The zero-order valence-corrected chi connectivity index (χ0v) is 10.4. The van der Waals surface area contributed by atoms with Gasteiger partial charge in [-0.15, -0.1) is 0 Å². The van der Waals surface area contributed by atoms with Crippen molar-refractivity contribution in [3.05, 3.63) is 52.0 Å². The van der Waals surface area contributed by atoms with Gasteiger partial charge in [0.25, 0.3) is 0 Å². The van der Waals surface area contributed by atoms with E-state index in [4.69, 9.17) is 5.73 Å². The molecule has 2 N–H and O–H groups in total. The van der Waals surface area contributed by atoms with E-state index in [9.17, 15) is 8.78 Å². The second-order valence-corrected chi connectivity index (χ2v) is 4.35. The highest BCUT2D eigenvalue weighted by Crippen LogP contribution is 2.22. The van der Waals surface area contributed by atoms with Crippen LogP contribution in [-0.2, 0) is 13.1 Å². The van der Waals surface area contributed by atoms with E-state index in [-0.39, 0.29) is 23.1 Å². The summed E-state index contributed by atoms with van der Waals surface area (Å²) < 4.78 is 29.1. The van der Waals surface area contributed by atoms with Crippen LogP contribution in [-0.4, -0.2) is 9.55 Å². The first-order valence-electron chi connectivity index (χ1n) is 4.96. The largest absolute Gasteiger partial charge is 0.329 e. The third kappa shape index (κ3) is 2.37. The summed E-state index contributed by atoms with van der Waals surface area (Å²) in [5, 5.41) is 0. The SMILES string of the molecule is NCc1nccn1Cc1c(F)ccc(Br)c1F. The minimum absolute atomic E-state index is 0.00734. The summed E-state index contributed by atoms with van der Waals surface area (Å²) in [4.78, 5) is 3.99. The monoisotopic (exact) mass is 301 g/mol. The molecule has 0 aliphatic carbocycles. The quantitative estimate of drug-likeness (QED) is 0.885. The highest BCUT2D eigenvalue weighted by Gasteiger charge is 2.13. The highest BCUT2D eigenvalue weighted by atomic mass is 79.9. The molecule has 17 heavy (non-hydrogen) atoms. The van der Waals surface area contributed by atoms with Crippen LogP contribution in [0.25, 0.3) is 0 Å². The second kappa shape index (κ2) is 4.93. The van der Waals surface area contributed by atoms with E-state index >= 15 is 0 Å². The molecule has 2 rings (SSSR count). The van der Waals surface area contributed by atoms with Gasteiger partial charge in [0.2, 0.25) is 0 Å². The first-order chi connectivity index (χ1) is 8.13. The van der Waals surface area contributed by atoms with Gasteiger partial charge in [0.1, 0.15) is 17.5 Å². The lowest BCUT2D eigenvalue weighted by Crippen LogP contribution is -2.11. The Hall–Kier alpha value is -1.27. The molecule has 0 aliphatic rings. The molecule has 0 amide bonds. The molecule has 1 aromatic carbocycles. The van der Waals surface area contributed by atoms with Gasteiger partial charge in [-0.1, -0.05) is 0 Å². The number of nitrogens with two attached hydrogens (primary N) is 1. The summed E-state index contributed by atoms with van der Waals surface area (Å²) in [5.41, 5.74) is 5.47. The lowest BCUT2D eigenvalue weighted by molar-refractivity contribution is 0.536. The molecule has 1 heterocycles. The Morgan fingerprint density at radius 1 is 1.35 bits per heavy atom. The maximum atomic E-state index is 13.7. The molecule has 0 fully saturated rings. The number of halogens is 3. The number of aromatic nitrogens is 2. The molecule has 0 saturated carbocycles. The second-order valence-electron chi connectivity index (χ2n) is 3.50. The Balaban J connectivity index is 2.39. The van der Waals surface area contributed by atoms with Crippen molar-refractivity contribution >= 4 is 15.9 Å². The number of hydrogen-bond acceptors (Lipinski definition) is 2. The van der Waals surface area contributed by atoms with Crippen LogP contribution in [0.15, 0.2) is 29.0 Å². The molecule has 6 heteroatoms. The number of rotatable bonds is 3. The first kappa shape index (κ1) is 12.2. The Kier molecular flexibility index (Phi) is 3.54. The van der Waals surface area contributed by atoms with Gasteiger partial charge < -0.3 is 10.3 Å². The molecule has 1 aromatic heterocycles. The van der Waals surface area contributed by atoms with Gasteiger partial charge in [0.05, 0.1) is 17.6 Å². The van der Waals surface area contributed by atoms with Crippen molar-refractivity contribution in [2.24, 2.45) is 5.73 Å². The fourth-order valence-electron chi connectivity index (χ4n) is 1.56. The van der Waals surface area contributed by atoms with E-state index in [2.05, 4.69) is 20.9 Å². The summed E-state index contributed by atoms with van der Waals surface area (Å²) in [6, 6.07) is 2.56. The molecule has 0 spiro atoms. The van der Waals surface area contributed by atoms with Crippen LogP contribution in [0, 0.1) is 11.6 Å². The highest BCUT2D eigenvalue weighted by molar-refractivity contribution is 9.10. The van der Waals surface area contributed by atoms with Gasteiger partial charge in [0.15, 0.2) is 0 Å². The average molecular weight is 302 g/mol. The third-order valence-electron chi connectivity index (χ3n) is 2.45. The molecule has 0 aliphatic heterocycles. The first-order valence-corrected chi connectivity index (χ1v) is 5.75. The third-order valence-corrected chi connectivity index (χ3v) is 3.06. The van der Waals surface area contributed by atoms with Crippen molar-refractivity contribution in [1.29, 1.82) is 0 Å². The Morgan fingerprint density at radius 2 is 2.12 bits per heavy atom. The summed E-state index contributed by atoms with van der Waals surface area (Å²) in [5.74, 6) is -0.590. The standard InChI is InChI=1S/C11H10BrF2N3/c12-8-1-2-9(13)7(11(8)14)6-17-4-3-16-10(17)5-15/h1-4H,5-6,15H2. The minimum Gasteiger partial charge on any atom is -0.329 e. The fourth-order valence-corrected chi connectivity index (χ4v) is 1.93. The normalized spacial score (nSPS) is 10.8. The predicted octanol–water partition coefficient (Wildman–Crippen LogP) is 2.43.